The predicted octanol–water partition coefficient (Wildman–Crippen LogP) is 3.14. The summed E-state index contributed by atoms with van der Waals surface area (Å²) in [5, 5.41) is 21.1. The van der Waals surface area contributed by atoms with E-state index < -0.39 is 5.97 Å². The highest BCUT2D eigenvalue weighted by Crippen LogP contribution is 2.37. The summed E-state index contributed by atoms with van der Waals surface area (Å²) in [6.07, 6.45) is -0.646. The van der Waals surface area contributed by atoms with Crippen LogP contribution in [0.4, 0.5) is 5.82 Å². The number of hydrogen-bond donors (Lipinski definition) is 1. The summed E-state index contributed by atoms with van der Waals surface area (Å²) in [5.41, 5.74) is 6.62. The van der Waals surface area contributed by atoms with E-state index in [0.29, 0.717) is 10.4 Å². The molecule has 0 aliphatic rings. The summed E-state index contributed by atoms with van der Waals surface area (Å²) >= 11 is 2.38. The summed E-state index contributed by atoms with van der Waals surface area (Å²) in [6.45, 7) is 3.40. The van der Waals surface area contributed by atoms with Crippen LogP contribution in [0.3, 0.4) is 0 Å². The van der Waals surface area contributed by atoms with Gasteiger partial charge in [0.2, 0.25) is 0 Å². The molecule has 0 amide bonds. The molecule has 2 rings (SSSR count). The molecule has 2 N–H and O–H groups in total. The van der Waals surface area contributed by atoms with Crippen molar-refractivity contribution < 1.29 is 14.3 Å². The van der Waals surface area contributed by atoms with Gasteiger partial charge < -0.3 is 10.5 Å². The van der Waals surface area contributed by atoms with Gasteiger partial charge in [-0.1, -0.05) is 17.8 Å². The summed E-state index contributed by atoms with van der Waals surface area (Å²) in [5.74, 6) is -1.02. The Morgan fingerprint density at radius 3 is 2.59 bits per heavy atom. The van der Waals surface area contributed by atoms with Crippen LogP contribution >= 0.6 is 23.1 Å². The number of hydrogen-bond acceptors (Lipinski definition) is 9. The normalized spacial score (nSPS) is 10.3. The van der Waals surface area contributed by atoms with Gasteiger partial charge in [0.25, 0.3) is 0 Å². The van der Waals surface area contributed by atoms with Gasteiger partial charge in [-0.05, 0) is 25.3 Å². The Bertz CT molecular complexity index is 941. The van der Waals surface area contributed by atoms with Crippen LogP contribution in [-0.2, 0) is 14.3 Å². The van der Waals surface area contributed by atoms with Crippen molar-refractivity contribution in [1.29, 1.82) is 10.5 Å². The van der Waals surface area contributed by atoms with Gasteiger partial charge in [0.05, 0.1) is 17.4 Å². The second kappa shape index (κ2) is 9.17. The molecule has 0 unspecified atom stereocenters. The Labute approximate surface area is 164 Å². The van der Waals surface area contributed by atoms with E-state index in [2.05, 4.69) is 11.1 Å². The minimum Gasteiger partial charge on any atom is -0.463 e. The first-order chi connectivity index (χ1) is 12.9. The second-order valence-corrected chi connectivity index (χ2v) is 7.58. The number of carbonyl (C=O) groups excluding carboxylic acids is 2. The molecule has 0 fully saturated rings. The number of Topliss-reactive ketones (excluding diaryl/α,β-unsaturated/α-hetero) is 1. The van der Waals surface area contributed by atoms with E-state index in [4.69, 9.17) is 10.5 Å². The maximum atomic E-state index is 12.0. The molecule has 0 spiro atoms. The van der Waals surface area contributed by atoms with Crippen molar-refractivity contribution in [2.75, 3.05) is 11.5 Å². The Hall–Kier alpha value is -2.88. The average molecular weight is 400 g/mol. The molecular weight excluding hydrogens is 384 g/mol. The van der Waals surface area contributed by atoms with Crippen LogP contribution in [0.2, 0.25) is 0 Å². The molecule has 2 aromatic rings. The van der Waals surface area contributed by atoms with Crippen LogP contribution in [0.5, 0.6) is 0 Å². The molecule has 0 aliphatic carbocycles. The smallest absolute Gasteiger partial charge is 0.313 e. The van der Waals surface area contributed by atoms with Crippen molar-refractivity contribution in [3.63, 3.8) is 0 Å². The number of carbonyl (C=O) groups is 2. The summed E-state index contributed by atoms with van der Waals surface area (Å²) < 4.78 is 4.94. The number of anilines is 1. The third-order valence-electron chi connectivity index (χ3n) is 3.26. The number of aromatic nitrogens is 1. The number of nitrogens with zero attached hydrogens (tertiary/aromatic N) is 3. The number of nitriles is 2. The molecule has 0 radical (unpaired) electrons. The Morgan fingerprint density at radius 1 is 1.33 bits per heavy atom. The van der Waals surface area contributed by atoms with Gasteiger partial charge in [0, 0.05) is 10.4 Å². The molecular formula is C18H16N4O3S2. The molecule has 27 heavy (non-hydrogen) atoms. The summed E-state index contributed by atoms with van der Waals surface area (Å²) in [6, 6.07) is 7.63. The first-order valence-corrected chi connectivity index (χ1v) is 9.75. The predicted molar refractivity (Wildman–Crippen MR) is 103 cm³/mol. The number of esters is 1. The van der Waals surface area contributed by atoms with Crippen LogP contribution in [0.25, 0.3) is 10.4 Å². The SMILES string of the molecule is CC(C)OC(=O)CC(=O)CSc1nc(N)c(C#N)c(-c2cccs2)c1C#N. The van der Waals surface area contributed by atoms with E-state index in [1.165, 1.54) is 11.3 Å². The minimum absolute atomic E-state index is 0.00549. The van der Waals surface area contributed by atoms with Crippen LogP contribution in [0.1, 0.15) is 31.4 Å². The van der Waals surface area contributed by atoms with Gasteiger partial charge in [-0.25, -0.2) is 4.98 Å². The van der Waals surface area contributed by atoms with Gasteiger partial charge in [-0.3, -0.25) is 9.59 Å². The monoisotopic (exact) mass is 400 g/mol. The maximum Gasteiger partial charge on any atom is 0.313 e. The number of nitrogens with two attached hydrogens (primary N) is 1. The van der Waals surface area contributed by atoms with E-state index in [9.17, 15) is 20.1 Å². The van der Waals surface area contributed by atoms with E-state index >= 15 is 0 Å². The number of ketones is 1. The van der Waals surface area contributed by atoms with Gasteiger partial charge in [0.15, 0.2) is 5.78 Å². The number of pyridine rings is 1. The van der Waals surface area contributed by atoms with Crippen molar-refractivity contribution in [3.8, 4) is 22.6 Å². The topological polar surface area (TPSA) is 130 Å². The molecule has 2 aromatic heterocycles. The number of thiophene rings is 1. The second-order valence-electron chi connectivity index (χ2n) is 5.67. The zero-order valence-electron chi connectivity index (χ0n) is 14.7. The molecule has 0 saturated carbocycles. The average Bonchev–Trinajstić information content (AvgIpc) is 3.12. The molecule has 0 saturated heterocycles. The van der Waals surface area contributed by atoms with Crippen LogP contribution in [0, 0.1) is 22.7 Å². The molecule has 138 valence electrons. The standard InChI is InChI=1S/C18H16N4O3S2/c1-10(2)25-15(24)6-11(23)9-27-18-13(8-20)16(14-4-3-5-26-14)12(7-19)17(21)22-18/h3-5,10H,6,9H2,1-2H3,(H2,21,22). The summed E-state index contributed by atoms with van der Waals surface area (Å²) in [4.78, 5) is 28.4. The Morgan fingerprint density at radius 2 is 2.04 bits per heavy atom. The lowest BCUT2D eigenvalue weighted by molar-refractivity contribution is -0.149. The lowest BCUT2D eigenvalue weighted by Gasteiger charge is -2.11. The highest BCUT2D eigenvalue weighted by molar-refractivity contribution is 8.00. The highest BCUT2D eigenvalue weighted by atomic mass is 32.2. The maximum absolute atomic E-state index is 12.0. The summed E-state index contributed by atoms with van der Waals surface area (Å²) in [7, 11) is 0. The highest BCUT2D eigenvalue weighted by Gasteiger charge is 2.22. The molecule has 0 atom stereocenters. The number of thioether (sulfide) groups is 1. The van der Waals surface area contributed by atoms with Crippen molar-refractivity contribution in [3.05, 3.63) is 28.6 Å². The van der Waals surface area contributed by atoms with Crippen molar-refractivity contribution >= 4 is 40.7 Å². The van der Waals surface area contributed by atoms with Gasteiger partial charge in [-0.2, -0.15) is 10.5 Å². The third-order valence-corrected chi connectivity index (χ3v) is 5.18. The quantitative estimate of drug-likeness (QED) is 0.426. The van der Waals surface area contributed by atoms with E-state index in [1.54, 1.807) is 26.0 Å². The zero-order chi connectivity index (χ0) is 20.0. The lowest BCUT2D eigenvalue weighted by atomic mass is 10.0. The van der Waals surface area contributed by atoms with Gasteiger partial charge in [-0.15, -0.1) is 11.3 Å². The molecule has 9 heteroatoms. The number of rotatable bonds is 7. The van der Waals surface area contributed by atoms with Crippen molar-refractivity contribution in [2.45, 2.75) is 31.4 Å². The van der Waals surface area contributed by atoms with Crippen molar-refractivity contribution in [2.24, 2.45) is 0 Å². The number of ether oxygens (including phenoxy) is 1. The fourth-order valence-electron chi connectivity index (χ4n) is 2.24. The minimum atomic E-state index is -0.595. The number of nitrogen functional groups attached to an aromatic ring is 1. The van der Waals surface area contributed by atoms with E-state index in [0.717, 1.165) is 11.8 Å². The third kappa shape index (κ3) is 5.07. The molecule has 2 heterocycles. The first kappa shape index (κ1) is 20.4. The fourth-order valence-corrected chi connectivity index (χ4v) is 3.87. The van der Waals surface area contributed by atoms with Crippen LogP contribution in [0.15, 0.2) is 22.5 Å². The largest absolute Gasteiger partial charge is 0.463 e. The molecule has 0 aliphatic heterocycles. The first-order valence-electron chi connectivity index (χ1n) is 7.88. The van der Waals surface area contributed by atoms with Gasteiger partial charge >= 0.3 is 5.97 Å². The lowest BCUT2D eigenvalue weighted by Crippen LogP contribution is -2.16. The van der Waals surface area contributed by atoms with E-state index in [-0.39, 0.29) is 46.0 Å². The molecule has 7 nitrogen and oxygen atoms in total. The van der Waals surface area contributed by atoms with Crippen LogP contribution in [-0.4, -0.2) is 28.6 Å². The van der Waals surface area contributed by atoms with E-state index in [1.807, 2.05) is 11.4 Å². The van der Waals surface area contributed by atoms with Gasteiger partial charge in [0.1, 0.15) is 35.0 Å². The molecule has 0 bridgehead atoms. The Kier molecular flexibility index (Phi) is 6.94. The Balaban J connectivity index is 2.28. The zero-order valence-corrected chi connectivity index (χ0v) is 16.3. The van der Waals surface area contributed by atoms with Crippen molar-refractivity contribution in [1.82, 2.24) is 4.98 Å². The molecule has 0 aromatic carbocycles. The van der Waals surface area contributed by atoms with Crippen LogP contribution < -0.4 is 5.73 Å². The fraction of sp³-hybridized carbons (Fsp3) is 0.278.